The molecule has 0 aliphatic carbocycles. The Hall–Kier alpha value is -11.0. The van der Waals surface area contributed by atoms with Gasteiger partial charge in [-0.2, -0.15) is 40.8 Å². The first-order valence-corrected chi connectivity index (χ1v) is 41.7. The van der Waals surface area contributed by atoms with Crippen LogP contribution in [0.25, 0.3) is 122 Å². The number of benzene rings is 4. The zero-order valence-electron chi connectivity index (χ0n) is 60.1. The number of fused-ring (bicyclic) bond motifs is 8. The Kier molecular flexibility index (Phi) is 20.9. The molecule has 7 N–H and O–H groups in total. The highest BCUT2D eigenvalue weighted by molar-refractivity contribution is 9.10. The molecule has 12 aromatic heterocycles. The van der Waals surface area contributed by atoms with Gasteiger partial charge < -0.3 is 38.0 Å². The van der Waals surface area contributed by atoms with E-state index in [2.05, 4.69) is 189 Å². The molecule has 13 heterocycles. The number of hydrogen-bond donors (Lipinski definition) is 7. The van der Waals surface area contributed by atoms with Crippen molar-refractivity contribution >= 4 is 132 Å². The van der Waals surface area contributed by atoms with Crippen LogP contribution in [0.15, 0.2) is 132 Å². The lowest BCUT2D eigenvalue weighted by Gasteiger charge is -2.32. The molecule has 32 nitrogen and oxygen atoms in total. The van der Waals surface area contributed by atoms with E-state index in [4.69, 9.17) is 38.1 Å². The van der Waals surface area contributed by atoms with Crippen molar-refractivity contribution in [2.75, 3.05) is 34.5 Å². The van der Waals surface area contributed by atoms with Crippen molar-refractivity contribution in [1.82, 2.24) is 121 Å². The molecule has 0 spiro atoms. The smallest absolute Gasteiger partial charge is 0.480 e. The minimum atomic E-state index is -1.14. The molecular weight excluding hydrogens is 1440 g/mol. The van der Waals surface area contributed by atoms with E-state index in [1.165, 1.54) is 25.3 Å². The van der Waals surface area contributed by atoms with Gasteiger partial charge in [0.2, 0.25) is 17.6 Å². The fraction of sp³-hybridized carbons (Fsp3) is 0.304. The highest BCUT2D eigenvalue weighted by Gasteiger charge is 2.51. The summed E-state index contributed by atoms with van der Waals surface area (Å²) in [4.78, 5) is 43.7. The summed E-state index contributed by atoms with van der Waals surface area (Å²) in [7, 11) is 2.24. The van der Waals surface area contributed by atoms with Crippen molar-refractivity contribution in [1.29, 1.82) is 0 Å². The second-order valence-corrected chi connectivity index (χ2v) is 40.0. The number of halogens is 1. The number of methoxy groups -OCH3 is 3. The molecule has 0 saturated carbocycles. The third-order valence-corrected chi connectivity index (χ3v) is 21.8. The van der Waals surface area contributed by atoms with Gasteiger partial charge in [-0.1, -0.05) is 87.8 Å². The Morgan fingerprint density at radius 2 is 0.924 bits per heavy atom. The first kappa shape index (κ1) is 72.3. The molecule has 0 amide bonds. The zero-order chi connectivity index (χ0) is 73.8. The van der Waals surface area contributed by atoms with E-state index in [0.29, 0.717) is 76.0 Å². The van der Waals surface area contributed by atoms with Crippen molar-refractivity contribution in [2.24, 2.45) is 0 Å². The quantitative estimate of drug-likeness (QED) is 0.0329. The average molecular weight is 1520 g/mol. The van der Waals surface area contributed by atoms with Crippen LogP contribution in [0.3, 0.4) is 0 Å². The van der Waals surface area contributed by atoms with Crippen LogP contribution in [0.5, 0.6) is 17.6 Å². The van der Waals surface area contributed by atoms with E-state index in [-0.39, 0.29) is 23.9 Å². The maximum atomic E-state index is 11.9. The van der Waals surface area contributed by atoms with E-state index < -0.39 is 16.1 Å². The molecular formula is C69H78BBrN24O8Si2. The number of aromatic amines is 7. The van der Waals surface area contributed by atoms with Crippen molar-refractivity contribution in [3.8, 4) is 51.4 Å². The third-order valence-electron chi connectivity index (χ3n) is 17.8. The standard InChI is InChI=1S/C19H24N6O2Si.C13H17BN2O2.C13H10N6O.C12H19BrN4O2Si.C12H8N6O/c1-26-19-16-17(13-5-6-14-10-22-23-15(14)9-13)24-25(18(16)20-11-21-19)12-27-7-8-28(2,3)4;1-12(2)13(3,4)18-14(17-12)10-6-5-9-8-15-16-11(9)7-10;1-20-13-10-11(18-19-12(10)14-6-15-13)7-2-3-8-5-16-17-9(8)4-7;1-18-12-9-10(13)16-17(11(9)14-7-15-12)8-19-5-6-20(2,3)4;19-12-9-10(17-18-11(9)13-5-14-12)6-1-2-7-4-15-16-8(7)3-6/h5-6,9-11H,7-8,12H2,1-4H3,(H,22,23);5-8H,1-4H3,(H,15,16);2-6H,1H3,(H,16,17)(H,14,15,18,19);7H,5-6,8H2,1-4H3;1-5H,(H,15,16)(H2,13,14,17,18,19). The van der Waals surface area contributed by atoms with Crippen LogP contribution in [-0.4, -0.2) is 190 Å². The number of aromatic nitrogens is 24. The number of nitrogens with one attached hydrogen (secondary N) is 7. The predicted molar refractivity (Wildman–Crippen MR) is 409 cm³/mol. The fourth-order valence-corrected chi connectivity index (χ4v) is 13.3. The van der Waals surface area contributed by atoms with Crippen molar-refractivity contribution in [2.45, 2.75) is 104 Å². The van der Waals surface area contributed by atoms with E-state index >= 15 is 0 Å². The molecule has 1 saturated heterocycles. The summed E-state index contributed by atoms with van der Waals surface area (Å²) in [6.07, 6.45) is 12.9. The summed E-state index contributed by atoms with van der Waals surface area (Å²) in [5, 5.41) is 58.1. The average Bonchev–Trinajstić information content (AvgIpc) is 1.60. The SMILES string of the molecule is CC1(C)OB(c2ccc3cn[nH]c3c2)OC1(C)C.COc1ncnc2c1c(-c1ccc3cn[nH]c3c1)nn2COCC[Si](C)(C)C.COc1ncnc2c1c(Br)nn2COCC[Si](C)(C)C.COc1ncnc2n[nH]c(-c3ccc4cn[nH]c4c3)c12.O=c1[nH]cnc2n[nH]c(-c3ccc4cn[nH]c4c3)c12. The summed E-state index contributed by atoms with van der Waals surface area (Å²) in [6, 6.07) is 26.1. The summed E-state index contributed by atoms with van der Waals surface area (Å²) >= 11 is 3.41. The molecule has 36 heteroatoms. The molecule has 0 unspecified atom stereocenters. The van der Waals surface area contributed by atoms with Gasteiger partial charge in [0, 0.05) is 67.6 Å². The number of hydrogen-bond acceptors (Lipinski definition) is 23. The Bertz CT molecular complexity index is 5760. The Labute approximate surface area is 610 Å². The minimum Gasteiger partial charge on any atom is -0.480 e. The second-order valence-electron chi connectivity index (χ2n) is 28.0. The molecule has 105 heavy (non-hydrogen) atoms. The van der Waals surface area contributed by atoms with Gasteiger partial charge in [-0.3, -0.25) is 35.4 Å². The summed E-state index contributed by atoms with van der Waals surface area (Å²) in [6.45, 7) is 24.4. The number of ether oxygens (including phenoxy) is 5. The summed E-state index contributed by atoms with van der Waals surface area (Å²) in [5.41, 5.74) is 11.4. The topological polar surface area (TPSA) is 395 Å². The molecule has 1 fully saturated rings. The van der Waals surface area contributed by atoms with Gasteiger partial charge in [-0.05, 0) is 85.4 Å². The normalized spacial score (nSPS) is 13.4. The molecule has 0 bridgehead atoms. The lowest BCUT2D eigenvalue weighted by molar-refractivity contribution is 0.00578. The molecule has 4 aromatic carbocycles. The van der Waals surface area contributed by atoms with Crippen LogP contribution in [0.2, 0.25) is 51.4 Å². The molecule has 17 rings (SSSR count). The molecule has 0 atom stereocenters. The first-order valence-electron chi connectivity index (χ1n) is 33.5. The largest absolute Gasteiger partial charge is 0.494 e. The van der Waals surface area contributed by atoms with Crippen LogP contribution in [-0.2, 0) is 32.2 Å². The van der Waals surface area contributed by atoms with Gasteiger partial charge >= 0.3 is 7.12 Å². The number of rotatable bonds is 17. The van der Waals surface area contributed by atoms with E-state index in [1.807, 2.05) is 79.0 Å². The van der Waals surface area contributed by atoms with Gasteiger partial charge in [0.25, 0.3) is 5.56 Å². The lowest BCUT2D eigenvalue weighted by Crippen LogP contribution is -2.41. The molecule has 1 aliphatic rings. The van der Waals surface area contributed by atoms with Crippen molar-refractivity contribution in [3.05, 3.63) is 138 Å². The van der Waals surface area contributed by atoms with Gasteiger partial charge in [0.05, 0.1) is 97.1 Å². The zero-order valence-corrected chi connectivity index (χ0v) is 63.7. The monoisotopic (exact) mass is 1520 g/mol. The Balaban J connectivity index is 0.000000117. The highest BCUT2D eigenvalue weighted by Crippen LogP contribution is 2.38. The third kappa shape index (κ3) is 15.9. The molecule has 16 aromatic rings. The maximum absolute atomic E-state index is 11.9. The molecule has 540 valence electrons. The molecule has 1 aliphatic heterocycles. The van der Waals surface area contributed by atoms with Crippen LogP contribution in [0, 0.1) is 0 Å². The number of nitrogens with zero attached hydrogens (tertiary/aromatic N) is 17. The minimum absolute atomic E-state index is 0.210. The van der Waals surface area contributed by atoms with Gasteiger partial charge in [-0.25, -0.2) is 44.3 Å². The van der Waals surface area contributed by atoms with Crippen molar-refractivity contribution < 1.29 is 33.0 Å². The lowest BCUT2D eigenvalue weighted by atomic mass is 9.79. The summed E-state index contributed by atoms with van der Waals surface area (Å²) < 4.78 is 43.8. The maximum Gasteiger partial charge on any atom is 0.494 e. The van der Waals surface area contributed by atoms with Gasteiger partial charge in [0.15, 0.2) is 22.6 Å². The highest BCUT2D eigenvalue weighted by atomic mass is 79.9. The number of H-pyrrole nitrogens is 7. The van der Waals surface area contributed by atoms with E-state index in [9.17, 15) is 4.79 Å². The summed E-state index contributed by atoms with van der Waals surface area (Å²) in [5.74, 6) is 1.51. The van der Waals surface area contributed by atoms with Gasteiger partial charge in [0.1, 0.15) is 64.3 Å². The van der Waals surface area contributed by atoms with Gasteiger partial charge in [-0.15, -0.1) is 0 Å². The van der Waals surface area contributed by atoms with E-state index in [1.54, 1.807) is 49.3 Å². The van der Waals surface area contributed by atoms with Crippen LogP contribution in [0.1, 0.15) is 27.7 Å². The fourth-order valence-electron chi connectivity index (χ4n) is 11.3. The Morgan fingerprint density at radius 3 is 1.44 bits per heavy atom. The van der Waals surface area contributed by atoms with Crippen LogP contribution in [0.4, 0.5) is 0 Å². The Morgan fingerprint density at radius 1 is 0.495 bits per heavy atom. The van der Waals surface area contributed by atoms with E-state index in [0.717, 1.165) is 112 Å². The first-order chi connectivity index (χ1) is 50.5. The predicted octanol–water partition coefficient (Wildman–Crippen LogP) is 11.6. The second kappa shape index (κ2) is 30.4. The van der Waals surface area contributed by atoms with Crippen LogP contribution >= 0.6 is 15.9 Å². The molecule has 0 radical (unpaired) electrons. The van der Waals surface area contributed by atoms with Crippen molar-refractivity contribution in [3.63, 3.8) is 0 Å². The van der Waals surface area contributed by atoms with Crippen LogP contribution < -0.4 is 25.2 Å².